The Morgan fingerprint density at radius 2 is 1.90 bits per heavy atom. The third-order valence-electron chi connectivity index (χ3n) is 6.87. The Hall–Kier alpha value is -3.74. The largest absolute Gasteiger partial charge is 0.495 e. The number of nitrogens with two attached hydrogens (primary N) is 1. The van der Waals surface area contributed by atoms with Crippen molar-refractivity contribution in [3.8, 4) is 16.9 Å². The lowest BCUT2D eigenvalue weighted by molar-refractivity contribution is -0.137. The highest BCUT2D eigenvalue weighted by molar-refractivity contribution is 9.10. The van der Waals surface area contributed by atoms with Crippen molar-refractivity contribution in [1.29, 1.82) is 0 Å². The number of hydrogen-bond acceptors (Lipinski definition) is 7. The molecule has 0 bridgehead atoms. The maximum Gasteiger partial charge on any atom is 0.416 e. The number of fused-ring (bicyclic) bond motifs is 1. The van der Waals surface area contributed by atoms with Crippen LogP contribution >= 0.6 is 15.9 Å². The van der Waals surface area contributed by atoms with Crippen molar-refractivity contribution < 1.29 is 27.4 Å². The number of rotatable bonds is 6. The average molecular weight is 630 g/mol. The Morgan fingerprint density at radius 3 is 2.61 bits per heavy atom. The number of nitrogen functional groups attached to an aromatic ring is 1. The molecule has 3 N–H and O–H groups in total. The Labute approximate surface area is 242 Å². The molecule has 0 spiro atoms. The van der Waals surface area contributed by atoms with E-state index in [-0.39, 0.29) is 17.2 Å². The number of nitrogens with zero attached hydrogens (tertiary/aromatic N) is 3. The van der Waals surface area contributed by atoms with Crippen molar-refractivity contribution in [2.75, 3.05) is 44.5 Å². The second kappa shape index (κ2) is 11.6. The molecule has 4 aromatic rings. The first kappa shape index (κ1) is 28.8. The monoisotopic (exact) mass is 629 g/mol. The molecule has 0 aliphatic carbocycles. The molecule has 0 atom stereocenters. The summed E-state index contributed by atoms with van der Waals surface area (Å²) in [6.07, 6.45) is -2.97. The third kappa shape index (κ3) is 6.29. The van der Waals surface area contributed by atoms with E-state index in [1.54, 1.807) is 30.5 Å². The van der Waals surface area contributed by atoms with E-state index >= 15 is 0 Å². The number of amides is 1. The van der Waals surface area contributed by atoms with Gasteiger partial charge in [-0.3, -0.25) is 9.69 Å². The summed E-state index contributed by atoms with van der Waals surface area (Å²) in [5.41, 5.74) is 8.54. The van der Waals surface area contributed by atoms with E-state index in [1.807, 2.05) is 17.9 Å². The molecule has 8 nitrogen and oxygen atoms in total. The summed E-state index contributed by atoms with van der Waals surface area (Å²) < 4.78 is 52.8. The van der Waals surface area contributed by atoms with Gasteiger partial charge >= 0.3 is 6.18 Å². The summed E-state index contributed by atoms with van der Waals surface area (Å²) in [5, 5.41) is 3.37. The summed E-state index contributed by atoms with van der Waals surface area (Å²) in [5.74, 6) is 0.0604. The van der Waals surface area contributed by atoms with Crippen molar-refractivity contribution in [3.63, 3.8) is 0 Å². The highest BCUT2D eigenvalue weighted by Gasteiger charge is 2.31. The van der Waals surface area contributed by atoms with E-state index in [0.717, 1.165) is 17.7 Å². The minimum atomic E-state index is -4.56. The Balaban J connectivity index is 1.49. The van der Waals surface area contributed by atoms with Crippen LogP contribution in [0, 0.1) is 6.92 Å². The van der Waals surface area contributed by atoms with Gasteiger partial charge in [0, 0.05) is 48.0 Å². The lowest BCUT2D eigenvalue weighted by Crippen LogP contribution is -2.35. The number of nitrogens with one attached hydrogen (secondary N) is 1. The lowest BCUT2D eigenvalue weighted by Gasteiger charge is -2.27. The van der Waals surface area contributed by atoms with Crippen LogP contribution in [0.4, 0.5) is 24.8 Å². The zero-order valence-electron chi connectivity index (χ0n) is 22.3. The van der Waals surface area contributed by atoms with Crippen LogP contribution < -0.4 is 15.8 Å². The minimum absolute atomic E-state index is 0.0657. The Kier molecular flexibility index (Phi) is 8.16. The van der Waals surface area contributed by atoms with Crippen LogP contribution in [-0.2, 0) is 17.5 Å². The number of anilines is 2. The molecule has 1 aliphatic heterocycles. The number of carbonyl (C=O) groups is 1. The number of halogens is 4. The number of methoxy groups -OCH3 is 1. The fraction of sp³-hybridized carbons (Fsp3) is 0.276. The van der Waals surface area contributed by atoms with E-state index in [9.17, 15) is 18.0 Å². The van der Waals surface area contributed by atoms with Gasteiger partial charge in [-0.15, -0.1) is 0 Å². The SMILES string of the molecule is COc1c(-c2cc(C(=O)Nc3cc(CN4CCOCC4)cc(C(F)(F)F)c3)ccc2C)cc2cnc(N)nc2c1Br. The summed E-state index contributed by atoms with van der Waals surface area (Å²) >= 11 is 3.55. The highest BCUT2D eigenvalue weighted by atomic mass is 79.9. The first-order chi connectivity index (χ1) is 19.5. The van der Waals surface area contributed by atoms with Crippen LogP contribution in [0.25, 0.3) is 22.0 Å². The van der Waals surface area contributed by atoms with E-state index in [4.69, 9.17) is 15.2 Å². The number of aryl methyl sites for hydroxylation is 1. The van der Waals surface area contributed by atoms with Gasteiger partial charge < -0.3 is 20.5 Å². The smallest absolute Gasteiger partial charge is 0.416 e. The molecule has 12 heteroatoms. The number of morpholine rings is 1. The fourth-order valence-corrected chi connectivity index (χ4v) is 5.52. The van der Waals surface area contributed by atoms with Gasteiger partial charge in [0.1, 0.15) is 5.75 Å². The second-order valence-corrected chi connectivity index (χ2v) is 10.5. The molecule has 1 amide bonds. The number of aromatic nitrogens is 2. The minimum Gasteiger partial charge on any atom is -0.495 e. The average Bonchev–Trinajstić information content (AvgIpc) is 2.93. The van der Waals surface area contributed by atoms with Crippen molar-refractivity contribution in [1.82, 2.24) is 14.9 Å². The van der Waals surface area contributed by atoms with Gasteiger partial charge in [-0.25, -0.2) is 9.97 Å². The second-order valence-electron chi connectivity index (χ2n) is 9.73. The third-order valence-corrected chi connectivity index (χ3v) is 7.61. The van der Waals surface area contributed by atoms with Crippen molar-refractivity contribution in [2.24, 2.45) is 0 Å². The lowest BCUT2D eigenvalue weighted by atomic mass is 9.96. The molecule has 0 unspecified atom stereocenters. The number of alkyl halides is 3. The van der Waals surface area contributed by atoms with Crippen LogP contribution in [0.3, 0.4) is 0 Å². The molecule has 214 valence electrons. The predicted octanol–water partition coefficient (Wildman–Crippen LogP) is 6.06. The summed E-state index contributed by atoms with van der Waals surface area (Å²) in [6, 6.07) is 10.6. The van der Waals surface area contributed by atoms with Gasteiger partial charge in [0.25, 0.3) is 5.91 Å². The van der Waals surface area contributed by atoms with Crippen molar-refractivity contribution in [2.45, 2.75) is 19.6 Å². The number of ether oxygens (including phenoxy) is 2. The van der Waals surface area contributed by atoms with E-state index < -0.39 is 17.6 Å². The summed E-state index contributed by atoms with van der Waals surface area (Å²) in [4.78, 5) is 23.7. The molecule has 41 heavy (non-hydrogen) atoms. The molecule has 5 rings (SSSR count). The maximum atomic E-state index is 13.7. The van der Waals surface area contributed by atoms with E-state index in [2.05, 4.69) is 31.2 Å². The highest BCUT2D eigenvalue weighted by Crippen LogP contribution is 2.42. The number of benzene rings is 3. The van der Waals surface area contributed by atoms with Gasteiger partial charge in [-0.1, -0.05) is 6.07 Å². The summed E-state index contributed by atoms with van der Waals surface area (Å²) in [7, 11) is 1.52. The van der Waals surface area contributed by atoms with Gasteiger partial charge in [-0.05, 0) is 75.9 Å². The van der Waals surface area contributed by atoms with Crippen molar-refractivity contribution >= 4 is 44.4 Å². The topological polar surface area (TPSA) is 103 Å². The fourth-order valence-electron chi connectivity index (χ4n) is 4.83. The molecular weight excluding hydrogens is 603 g/mol. The Bertz CT molecular complexity index is 1620. The van der Waals surface area contributed by atoms with Crippen LogP contribution in [0.5, 0.6) is 5.75 Å². The van der Waals surface area contributed by atoms with Gasteiger partial charge in [0.15, 0.2) is 0 Å². The molecule has 1 fully saturated rings. The van der Waals surface area contributed by atoms with Gasteiger partial charge in [0.05, 0.1) is 35.9 Å². The summed E-state index contributed by atoms with van der Waals surface area (Å²) in [6.45, 7) is 4.50. The first-order valence-corrected chi connectivity index (χ1v) is 13.5. The zero-order valence-corrected chi connectivity index (χ0v) is 23.9. The molecule has 1 saturated heterocycles. The van der Waals surface area contributed by atoms with E-state index in [0.29, 0.717) is 70.7 Å². The van der Waals surface area contributed by atoms with Gasteiger partial charge in [-0.2, -0.15) is 13.2 Å². The molecule has 3 aromatic carbocycles. The standard InChI is InChI=1S/C29H27BrF3N5O3/c1-16-3-4-18(11-22(16)23-12-19-14-35-28(34)37-25(19)24(30)26(23)40-2)27(39)36-21-10-17(9-20(13-21)29(31,32)33)15-38-5-7-41-8-6-38/h3-4,9-14H,5-8,15H2,1-2H3,(H,36,39)(H2,34,35,37). The van der Waals surface area contributed by atoms with Crippen LogP contribution in [0.15, 0.2) is 53.1 Å². The normalized spacial score (nSPS) is 14.3. The maximum absolute atomic E-state index is 13.7. The van der Waals surface area contributed by atoms with Gasteiger partial charge in [0.2, 0.25) is 5.95 Å². The molecular formula is C29H27BrF3N5O3. The van der Waals surface area contributed by atoms with E-state index in [1.165, 1.54) is 7.11 Å². The quantitative estimate of drug-likeness (QED) is 0.267. The van der Waals surface area contributed by atoms with Crippen LogP contribution in [0.1, 0.15) is 27.0 Å². The molecule has 1 aliphatic rings. The molecule has 2 heterocycles. The van der Waals surface area contributed by atoms with Crippen LogP contribution in [-0.4, -0.2) is 54.2 Å². The zero-order chi connectivity index (χ0) is 29.3. The Morgan fingerprint density at radius 1 is 1.15 bits per heavy atom. The molecule has 0 radical (unpaired) electrons. The van der Waals surface area contributed by atoms with Crippen LogP contribution in [0.2, 0.25) is 0 Å². The molecule has 1 aromatic heterocycles. The number of carbonyl (C=O) groups excluding carboxylic acids is 1. The number of hydrogen-bond donors (Lipinski definition) is 2. The van der Waals surface area contributed by atoms with Crippen molar-refractivity contribution in [3.05, 3.63) is 75.4 Å². The first-order valence-electron chi connectivity index (χ1n) is 12.8. The predicted molar refractivity (Wildman–Crippen MR) is 154 cm³/mol. The molecule has 0 saturated carbocycles.